The molecule has 0 saturated heterocycles. The SMILES string of the molecule is CCCCCCCCCCOC(=O)c1cc(C(=O)O)c(CCCCCCCC)c(CCCCCCCC)c1C(=O)O. The average Bonchev–Trinajstić information content (AvgIpc) is 2.95. The van der Waals surface area contributed by atoms with Gasteiger partial charge in [-0.1, -0.05) is 130 Å². The minimum absolute atomic E-state index is 0.0450. The molecule has 6 heteroatoms. The number of aromatic carboxylic acids is 2. The Morgan fingerprint density at radius 2 is 0.951 bits per heavy atom. The fourth-order valence-corrected chi connectivity index (χ4v) is 5.58. The maximum Gasteiger partial charge on any atom is 0.339 e. The number of unbranched alkanes of at least 4 members (excludes halogenated alkanes) is 17. The van der Waals surface area contributed by atoms with E-state index in [9.17, 15) is 24.6 Å². The van der Waals surface area contributed by atoms with Crippen molar-refractivity contribution in [1.82, 2.24) is 0 Å². The molecule has 0 amide bonds. The molecule has 0 spiro atoms. The summed E-state index contributed by atoms with van der Waals surface area (Å²) in [6.45, 7) is 6.75. The number of carbonyl (C=O) groups excluding carboxylic acids is 1. The Bertz CT molecular complexity index is 891. The van der Waals surface area contributed by atoms with E-state index in [1.54, 1.807) is 0 Å². The first kappa shape index (κ1) is 36.7. The number of benzene rings is 1. The highest BCUT2D eigenvalue weighted by molar-refractivity contribution is 6.06. The van der Waals surface area contributed by atoms with E-state index in [1.807, 2.05) is 0 Å². The molecule has 1 aromatic carbocycles. The van der Waals surface area contributed by atoms with E-state index >= 15 is 0 Å². The molecule has 0 bridgehead atoms. The molecule has 0 fully saturated rings. The van der Waals surface area contributed by atoms with E-state index in [4.69, 9.17) is 4.74 Å². The molecule has 0 radical (unpaired) electrons. The molecular formula is C35H58O6. The van der Waals surface area contributed by atoms with Crippen molar-refractivity contribution in [2.75, 3.05) is 6.61 Å². The van der Waals surface area contributed by atoms with Crippen LogP contribution in [0.25, 0.3) is 0 Å². The zero-order chi connectivity index (χ0) is 30.3. The summed E-state index contributed by atoms with van der Waals surface area (Å²) in [6, 6.07) is 1.26. The molecular weight excluding hydrogens is 516 g/mol. The lowest BCUT2D eigenvalue weighted by atomic mass is 9.85. The Labute approximate surface area is 249 Å². The Morgan fingerprint density at radius 3 is 1.39 bits per heavy atom. The predicted molar refractivity (Wildman–Crippen MR) is 167 cm³/mol. The molecule has 1 aromatic rings. The van der Waals surface area contributed by atoms with Crippen LogP contribution in [0.4, 0.5) is 0 Å². The van der Waals surface area contributed by atoms with Crippen LogP contribution in [0, 0.1) is 0 Å². The predicted octanol–water partition coefficient (Wildman–Crippen LogP) is 10.2. The Kier molecular flexibility index (Phi) is 20.8. The van der Waals surface area contributed by atoms with Crippen molar-refractivity contribution >= 4 is 17.9 Å². The van der Waals surface area contributed by atoms with Gasteiger partial charge in [0.2, 0.25) is 0 Å². The van der Waals surface area contributed by atoms with E-state index in [2.05, 4.69) is 20.8 Å². The molecule has 0 aliphatic heterocycles. The molecule has 234 valence electrons. The van der Waals surface area contributed by atoms with Crippen molar-refractivity contribution in [3.63, 3.8) is 0 Å². The minimum Gasteiger partial charge on any atom is -0.478 e. The summed E-state index contributed by atoms with van der Waals surface area (Å²) in [5.41, 5.74) is 0.954. The average molecular weight is 575 g/mol. The fraction of sp³-hybridized carbons (Fsp3) is 0.743. The number of carboxylic acids is 2. The smallest absolute Gasteiger partial charge is 0.339 e. The van der Waals surface area contributed by atoms with Gasteiger partial charge in [0.25, 0.3) is 0 Å². The number of carboxylic acid groups (broad SMARTS) is 2. The normalized spacial score (nSPS) is 11.1. The van der Waals surface area contributed by atoms with Crippen molar-refractivity contribution < 1.29 is 29.3 Å². The van der Waals surface area contributed by atoms with Crippen LogP contribution >= 0.6 is 0 Å². The van der Waals surface area contributed by atoms with E-state index in [1.165, 1.54) is 51.0 Å². The minimum atomic E-state index is -1.19. The highest BCUT2D eigenvalue weighted by Crippen LogP contribution is 2.29. The van der Waals surface area contributed by atoms with Crippen LogP contribution < -0.4 is 0 Å². The number of carbonyl (C=O) groups is 3. The largest absolute Gasteiger partial charge is 0.478 e. The topological polar surface area (TPSA) is 101 Å². The Morgan fingerprint density at radius 1 is 0.537 bits per heavy atom. The molecule has 41 heavy (non-hydrogen) atoms. The quantitative estimate of drug-likeness (QED) is 0.0843. The molecule has 0 aliphatic rings. The van der Waals surface area contributed by atoms with Crippen LogP contribution in [-0.2, 0) is 17.6 Å². The zero-order valence-electron chi connectivity index (χ0n) is 26.4. The zero-order valence-corrected chi connectivity index (χ0v) is 26.4. The number of hydrogen-bond donors (Lipinski definition) is 2. The van der Waals surface area contributed by atoms with Crippen molar-refractivity contribution in [2.24, 2.45) is 0 Å². The molecule has 0 heterocycles. The second-order valence-electron chi connectivity index (χ2n) is 11.6. The van der Waals surface area contributed by atoms with Crippen LogP contribution in [0.1, 0.15) is 191 Å². The number of hydrogen-bond acceptors (Lipinski definition) is 4. The summed E-state index contributed by atoms with van der Waals surface area (Å²) in [6.07, 6.45) is 22.4. The molecule has 2 N–H and O–H groups in total. The van der Waals surface area contributed by atoms with Gasteiger partial charge < -0.3 is 14.9 Å². The van der Waals surface area contributed by atoms with Gasteiger partial charge in [0, 0.05) is 0 Å². The van der Waals surface area contributed by atoms with Gasteiger partial charge in [-0.15, -0.1) is 0 Å². The van der Waals surface area contributed by atoms with Gasteiger partial charge in [0.1, 0.15) is 0 Å². The van der Waals surface area contributed by atoms with Gasteiger partial charge in [-0.25, -0.2) is 14.4 Å². The third-order valence-electron chi connectivity index (χ3n) is 8.01. The van der Waals surface area contributed by atoms with E-state index in [0.717, 1.165) is 77.0 Å². The first-order chi connectivity index (χ1) is 19.9. The van der Waals surface area contributed by atoms with Crippen molar-refractivity contribution in [1.29, 1.82) is 0 Å². The van der Waals surface area contributed by atoms with Crippen LogP contribution in [0.15, 0.2) is 6.07 Å². The summed E-state index contributed by atoms with van der Waals surface area (Å²) in [7, 11) is 0. The fourth-order valence-electron chi connectivity index (χ4n) is 5.58. The summed E-state index contributed by atoms with van der Waals surface area (Å²) in [4.78, 5) is 38.1. The molecule has 0 aromatic heterocycles. The van der Waals surface area contributed by atoms with Gasteiger partial charge in [0.15, 0.2) is 0 Å². The van der Waals surface area contributed by atoms with Gasteiger partial charge in [-0.05, 0) is 49.3 Å². The molecule has 1 rings (SSSR count). The van der Waals surface area contributed by atoms with Crippen LogP contribution in [0.3, 0.4) is 0 Å². The highest BCUT2D eigenvalue weighted by Gasteiger charge is 2.28. The van der Waals surface area contributed by atoms with Crippen molar-refractivity contribution in [3.8, 4) is 0 Å². The third kappa shape index (κ3) is 14.9. The van der Waals surface area contributed by atoms with E-state index in [0.29, 0.717) is 30.4 Å². The summed E-state index contributed by atoms with van der Waals surface area (Å²) in [5.74, 6) is -3.04. The van der Waals surface area contributed by atoms with Crippen LogP contribution in [0.5, 0.6) is 0 Å². The highest BCUT2D eigenvalue weighted by atomic mass is 16.5. The monoisotopic (exact) mass is 574 g/mol. The molecule has 0 unspecified atom stereocenters. The molecule has 0 aliphatic carbocycles. The van der Waals surface area contributed by atoms with Gasteiger partial charge in [-0.3, -0.25) is 0 Å². The lowest BCUT2D eigenvalue weighted by Crippen LogP contribution is -2.20. The first-order valence-electron chi connectivity index (χ1n) is 16.7. The molecule has 0 saturated carbocycles. The van der Waals surface area contributed by atoms with Crippen LogP contribution in [-0.4, -0.2) is 34.7 Å². The van der Waals surface area contributed by atoms with Gasteiger partial charge in [0.05, 0.1) is 23.3 Å². The number of esters is 1. The van der Waals surface area contributed by atoms with Gasteiger partial charge >= 0.3 is 17.9 Å². The Balaban J connectivity index is 3.10. The van der Waals surface area contributed by atoms with Gasteiger partial charge in [-0.2, -0.15) is 0 Å². The molecule has 0 atom stereocenters. The third-order valence-corrected chi connectivity index (χ3v) is 8.01. The standard InChI is InChI=1S/C35H58O6/c1-4-7-10-13-16-17-20-23-26-41-35(40)31-27-30(33(36)37)28(24-21-18-14-11-8-5-2)29(32(31)34(38)39)25-22-19-15-12-9-6-3/h27H,4-26H2,1-3H3,(H,36,37)(H,38,39). The summed E-state index contributed by atoms with van der Waals surface area (Å²) >= 11 is 0. The van der Waals surface area contributed by atoms with E-state index in [-0.39, 0.29) is 23.3 Å². The second-order valence-corrected chi connectivity index (χ2v) is 11.6. The summed E-state index contributed by atoms with van der Waals surface area (Å²) in [5, 5.41) is 20.4. The second kappa shape index (κ2) is 23.2. The number of rotatable bonds is 26. The molecule has 6 nitrogen and oxygen atoms in total. The van der Waals surface area contributed by atoms with Crippen molar-refractivity contribution in [3.05, 3.63) is 33.9 Å². The maximum atomic E-state index is 13.1. The lowest BCUT2D eigenvalue weighted by Gasteiger charge is -2.19. The first-order valence-corrected chi connectivity index (χ1v) is 16.7. The Hall–Kier alpha value is -2.37. The number of ether oxygens (including phenoxy) is 1. The van der Waals surface area contributed by atoms with Crippen LogP contribution in [0.2, 0.25) is 0 Å². The maximum absolute atomic E-state index is 13.1. The van der Waals surface area contributed by atoms with Crippen molar-refractivity contribution in [2.45, 2.75) is 162 Å². The van der Waals surface area contributed by atoms with E-state index < -0.39 is 17.9 Å². The summed E-state index contributed by atoms with van der Waals surface area (Å²) < 4.78 is 5.50. The lowest BCUT2D eigenvalue weighted by molar-refractivity contribution is 0.0487.